The van der Waals surface area contributed by atoms with Crippen LogP contribution in [-0.4, -0.2) is 16.4 Å². The first-order chi connectivity index (χ1) is 7.87. The summed E-state index contributed by atoms with van der Waals surface area (Å²) in [4.78, 5) is 21.8. The zero-order chi connectivity index (χ0) is 12.6. The van der Waals surface area contributed by atoms with E-state index in [0.29, 0.717) is 17.8 Å². The Bertz CT molecular complexity index is 497. The molecule has 2 rings (SSSR count). The van der Waals surface area contributed by atoms with E-state index in [1.165, 1.54) is 12.1 Å². The van der Waals surface area contributed by atoms with Crippen molar-refractivity contribution in [3.63, 3.8) is 0 Å². The van der Waals surface area contributed by atoms with E-state index in [1.54, 1.807) is 6.07 Å². The third kappa shape index (κ3) is 2.35. The summed E-state index contributed by atoms with van der Waals surface area (Å²) in [6.07, 6.45) is 0.315. The molecule has 6 nitrogen and oxygen atoms in total. The Morgan fingerprint density at radius 2 is 2.06 bits per heavy atom. The summed E-state index contributed by atoms with van der Waals surface area (Å²) in [5.41, 5.74) is 0.748. The zero-order valence-corrected chi connectivity index (χ0v) is 9.61. The van der Waals surface area contributed by atoms with E-state index >= 15 is 0 Å². The average molecular weight is 235 g/mol. The van der Waals surface area contributed by atoms with Crippen LogP contribution in [0.25, 0.3) is 0 Å². The first-order valence-corrected chi connectivity index (χ1v) is 5.24. The van der Waals surface area contributed by atoms with Crippen LogP contribution >= 0.6 is 0 Å². The lowest BCUT2D eigenvalue weighted by Gasteiger charge is -2.24. The Hall–Kier alpha value is -2.11. The number of rotatable bonds is 1. The molecule has 0 fully saturated rings. The van der Waals surface area contributed by atoms with Crippen molar-refractivity contribution in [2.75, 3.05) is 10.6 Å². The van der Waals surface area contributed by atoms with Crippen LogP contribution in [0.2, 0.25) is 0 Å². The van der Waals surface area contributed by atoms with E-state index in [0.717, 1.165) is 0 Å². The second kappa shape index (κ2) is 3.73. The number of benzene rings is 1. The largest absolute Gasteiger partial charge is 0.378 e. The minimum Gasteiger partial charge on any atom is -0.378 e. The molecule has 1 aliphatic rings. The highest BCUT2D eigenvalue weighted by Crippen LogP contribution is 2.32. The normalized spacial score (nSPS) is 17.4. The van der Waals surface area contributed by atoms with Gasteiger partial charge in [-0.15, -0.1) is 0 Å². The van der Waals surface area contributed by atoms with Crippen LogP contribution in [0.15, 0.2) is 18.2 Å². The highest BCUT2D eigenvalue weighted by atomic mass is 16.6. The van der Waals surface area contributed by atoms with Gasteiger partial charge in [0, 0.05) is 24.1 Å². The van der Waals surface area contributed by atoms with Gasteiger partial charge in [-0.3, -0.25) is 14.9 Å². The predicted molar refractivity (Wildman–Crippen MR) is 64.0 cm³/mol. The predicted octanol–water partition coefficient (Wildman–Crippen LogP) is 2.13. The molecule has 0 spiro atoms. The first-order valence-electron chi connectivity index (χ1n) is 5.24. The molecular weight excluding hydrogens is 222 g/mol. The van der Waals surface area contributed by atoms with Crippen molar-refractivity contribution >= 4 is 23.0 Å². The molecule has 1 aliphatic heterocycles. The van der Waals surface area contributed by atoms with Crippen LogP contribution in [-0.2, 0) is 4.79 Å². The number of nitrogens with one attached hydrogen (secondary N) is 2. The van der Waals surface area contributed by atoms with Gasteiger partial charge in [0.05, 0.1) is 16.3 Å². The smallest absolute Gasteiger partial charge is 0.271 e. The number of nitro groups is 1. The van der Waals surface area contributed by atoms with Gasteiger partial charge in [-0.05, 0) is 19.9 Å². The summed E-state index contributed by atoms with van der Waals surface area (Å²) in [7, 11) is 0. The van der Waals surface area contributed by atoms with E-state index in [9.17, 15) is 14.9 Å². The molecule has 1 aromatic carbocycles. The minimum absolute atomic E-state index is 0.0365. The number of amides is 1. The lowest BCUT2D eigenvalue weighted by atomic mass is 10.0. The van der Waals surface area contributed by atoms with Gasteiger partial charge in [0.15, 0.2) is 0 Å². The number of hydrogen-bond donors (Lipinski definition) is 2. The van der Waals surface area contributed by atoms with E-state index in [1.807, 2.05) is 13.8 Å². The van der Waals surface area contributed by atoms with Crippen molar-refractivity contribution < 1.29 is 9.72 Å². The highest BCUT2D eigenvalue weighted by Gasteiger charge is 2.27. The lowest BCUT2D eigenvalue weighted by molar-refractivity contribution is -0.384. The molecule has 2 N–H and O–H groups in total. The number of non-ortho nitro benzene ring substituents is 1. The fourth-order valence-corrected chi connectivity index (χ4v) is 1.86. The van der Waals surface area contributed by atoms with Gasteiger partial charge in [-0.2, -0.15) is 0 Å². The van der Waals surface area contributed by atoms with Crippen molar-refractivity contribution in [2.24, 2.45) is 0 Å². The molecule has 0 bridgehead atoms. The van der Waals surface area contributed by atoms with Gasteiger partial charge in [-0.1, -0.05) is 0 Å². The number of anilines is 2. The van der Waals surface area contributed by atoms with E-state index in [2.05, 4.69) is 10.6 Å². The summed E-state index contributed by atoms with van der Waals surface area (Å²) in [6, 6.07) is 4.39. The zero-order valence-electron chi connectivity index (χ0n) is 9.61. The van der Waals surface area contributed by atoms with Crippen molar-refractivity contribution in [2.45, 2.75) is 25.8 Å². The molecule has 0 atom stereocenters. The van der Waals surface area contributed by atoms with Crippen LogP contribution in [0.1, 0.15) is 20.3 Å². The molecule has 1 aromatic rings. The molecule has 6 heteroatoms. The van der Waals surface area contributed by atoms with E-state index in [-0.39, 0.29) is 17.1 Å². The highest BCUT2D eigenvalue weighted by molar-refractivity contribution is 5.97. The number of nitrogens with zero attached hydrogens (tertiary/aromatic N) is 1. The Morgan fingerprint density at radius 1 is 1.35 bits per heavy atom. The third-order valence-electron chi connectivity index (χ3n) is 2.56. The number of hydrogen-bond acceptors (Lipinski definition) is 4. The molecule has 1 heterocycles. The first kappa shape index (κ1) is 11.4. The maximum absolute atomic E-state index is 11.6. The molecule has 0 radical (unpaired) electrons. The average Bonchev–Trinajstić information content (AvgIpc) is 2.29. The molecule has 90 valence electrons. The number of carbonyl (C=O) groups excluding carboxylic acids is 1. The van der Waals surface area contributed by atoms with Crippen molar-refractivity contribution in [3.05, 3.63) is 28.3 Å². The van der Waals surface area contributed by atoms with E-state index in [4.69, 9.17) is 0 Å². The molecule has 0 aliphatic carbocycles. The number of carbonyl (C=O) groups is 1. The second-order valence-electron chi connectivity index (χ2n) is 4.72. The Labute approximate surface area is 98.2 Å². The second-order valence-corrected chi connectivity index (χ2v) is 4.72. The summed E-state index contributed by atoms with van der Waals surface area (Å²) >= 11 is 0. The van der Waals surface area contributed by atoms with Gasteiger partial charge >= 0.3 is 0 Å². The van der Waals surface area contributed by atoms with Crippen LogP contribution < -0.4 is 10.6 Å². The molecule has 0 unspecified atom stereocenters. The summed E-state index contributed by atoms with van der Waals surface area (Å²) in [6.45, 7) is 3.81. The fraction of sp³-hybridized carbons (Fsp3) is 0.364. The molecule has 17 heavy (non-hydrogen) atoms. The Balaban J connectivity index is 2.45. The summed E-state index contributed by atoms with van der Waals surface area (Å²) < 4.78 is 0. The molecular formula is C11H13N3O3. The molecule has 1 amide bonds. The molecule has 0 saturated heterocycles. The van der Waals surface area contributed by atoms with E-state index < -0.39 is 4.92 Å². The third-order valence-corrected chi connectivity index (χ3v) is 2.56. The van der Waals surface area contributed by atoms with Crippen molar-refractivity contribution in [3.8, 4) is 0 Å². The maximum atomic E-state index is 11.6. The van der Waals surface area contributed by atoms with Crippen LogP contribution in [0, 0.1) is 10.1 Å². The fourth-order valence-electron chi connectivity index (χ4n) is 1.86. The quantitative estimate of drug-likeness (QED) is 0.576. The monoisotopic (exact) mass is 235 g/mol. The SMILES string of the molecule is CC1(C)CC(=O)Nc2cc([N+](=O)[O-])ccc2N1. The number of fused-ring (bicyclic) bond motifs is 1. The molecule has 0 aromatic heterocycles. The molecule has 0 saturated carbocycles. The minimum atomic E-state index is -0.484. The maximum Gasteiger partial charge on any atom is 0.271 e. The topological polar surface area (TPSA) is 84.3 Å². The van der Waals surface area contributed by atoms with Gasteiger partial charge in [0.25, 0.3) is 5.69 Å². The van der Waals surface area contributed by atoms with Gasteiger partial charge < -0.3 is 10.6 Å². The Morgan fingerprint density at radius 3 is 2.71 bits per heavy atom. The van der Waals surface area contributed by atoms with Gasteiger partial charge in [-0.25, -0.2) is 0 Å². The Kier molecular flexibility index (Phi) is 2.49. The van der Waals surface area contributed by atoms with Gasteiger partial charge in [0.2, 0.25) is 5.91 Å². The van der Waals surface area contributed by atoms with Crippen LogP contribution in [0.3, 0.4) is 0 Å². The standard InChI is InChI=1S/C11H13N3O3/c1-11(2)6-10(15)12-9-5-7(14(16)17)3-4-8(9)13-11/h3-5,13H,6H2,1-2H3,(H,12,15). The summed E-state index contributed by atoms with van der Waals surface area (Å²) in [5.74, 6) is -0.151. The van der Waals surface area contributed by atoms with Crippen molar-refractivity contribution in [1.29, 1.82) is 0 Å². The lowest BCUT2D eigenvalue weighted by Crippen LogP contribution is -2.32. The van der Waals surface area contributed by atoms with Crippen LogP contribution in [0.5, 0.6) is 0 Å². The van der Waals surface area contributed by atoms with Crippen molar-refractivity contribution in [1.82, 2.24) is 0 Å². The number of nitro benzene ring substituents is 1. The van der Waals surface area contributed by atoms with Gasteiger partial charge in [0.1, 0.15) is 0 Å². The summed E-state index contributed by atoms with van der Waals surface area (Å²) in [5, 5.41) is 16.5. The van der Waals surface area contributed by atoms with Crippen LogP contribution in [0.4, 0.5) is 17.1 Å².